The van der Waals surface area contributed by atoms with Crippen molar-refractivity contribution in [3.05, 3.63) is 52.1 Å². The van der Waals surface area contributed by atoms with Gasteiger partial charge in [0.15, 0.2) is 11.4 Å². The maximum Gasteiger partial charge on any atom is 0.310 e. The van der Waals surface area contributed by atoms with Crippen LogP contribution >= 0.6 is 11.6 Å². The molecule has 0 amide bonds. The Bertz CT molecular complexity index is 723. The molecule has 0 aliphatic rings. The van der Waals surface area contributed by atoms with E-state index < -0.39 is 11.9 Å². The lowest BCUT2D eigenvalue weighted by atomic mass is 10.00. The van der Waals surface area contributed by atoms with E-state index in [1.54, 1.807) is 19.1 Å². The lowest BCUT2D eigenvalue weighted by molar-refractivity contribution is -0.138. The predicted molar refractivity (Wildman–Crippen MR) is 92.8 cm³/mol. The van der Waals surface area contributed by atoms with Crippen LogP contribution in [0.5, 0.6) is 0 Å². The largest absolute Gasteiger partial charge is 0.481 e. The summed E-state index contributed by atoms with van der Waals surface area (Å²) < 4.78 is 1.83. The summed E-state index contributed by atoms with van der Waals surface area (Å²) in [6.45, 7) is 4.23. The van der Waals surface area contributed by atoms with E-state index in [-0.39, 0.29) is 5.15 Å². The number of aryl methyl sites for hydroxylation is 1. The molecule has 0 saturated heterocycles. The van der Waals surface area contributed by atoms with Gasteiger partial charge in [0, 0.05) is 13.0 Å². The molecule has 1 aromatic heterocycles. The number of hydrogen-bond acceptors (Lipinski definition) is 3. The van der Waals surface area contributed by atoms with Crippen LogP contribution in [0.3, 0.4) is 0 Å². The van der Waals surface area contributed by atoms with Crippen molar-refractivity contribution in [1.82, 2.24) is 9.55 Å². The number of carboxylic acid groups (broad SMARTS) is 1. The molecule has 2 aromatic rings. The highest BCUT2D eigenvalue weighted by Crippen LogP contribution is 2.21. The lowest BCUT2D eigenvalue weighted by Crippen LogP contribution is -2.10. The highest BCUT2D eigenvalue weighted by Gasteiger charge is 2.16. The quantitative estimate of drug-likeness (QED) is 0.734. The van der Waals surface area contributed by atoms with Gasteiger partial charge in [0.1, 0.15) is 11.5 Å². The Kier molecular flexibility index (Phi) is 6.15. The Labute approximate surface area is 146 Å². The van der Waals surface area contributed by atoms with Crippen LogP contribution in [0.2, 0.25) is 5.15 Å². The summed E-state index contributed by atoms with van der Waals surface area (Å²) in [7, 11) is 0. The molecule has 1 aromatic carbocycles. The Hall–Kier alpha value is -2.14. The molecule has 0 fully saturated rings. The molecule has 0 saturated carbocycles. The standard InChI is InChI=1S/C18H21ClN2O3/c1-3-4-5-16-20-17(19)15(11-22)21(16)10-13-6-8-14(9-7-13)12(2)18(23)24/h6-9,11-12H,3-5,10H2,1-2H3,(H,23,24). The van der Waals surface area contributed by atoms with Crippen LogP contribution in [0.1, 0.15) is 60.0 Å². The summed E-state index contributed by atoms with van der Waals surface area (Å²) in [6, 6.07) is 7.36. The number of carbonyl (C=O) groups excluding carboxylic acids is 1. The molecule has 128 valence electrons. The van der Waals surface area contributed by atoms with Crippen LogP contribution in [0, 0.1) is 0 Å². The summed E-state index contributed by atoms with van der Waals surface area (Å²) in [4.78, 5) is 26.7. The predicted octanol–water partition coefficient (Wildman–Crippen LogP) is 3.93. The smallest absolute Gasteiger partial charge is 0.310 e. The summed E-state index contributed by atoms with van der Waals surface area (Å²) in [5.74, 6) is -0.603. The number of carbonyl (C=O) groups is 2. The number of nitrogens with zero attached hydrogens (tertiary/aromatic N) is 2. The zero-order chi connectivity index (χ0) is 17.7. The molecule has 6 heteroatoms. The van der Waals surface area contributed by atoms with Gasteiger partial charge < -0.3 is 9.67 Å². The van der Waals surface area contributed by atoms with Crippen LogP contribution in [0.25, 0.3) is 0 Å². The van der Waals surface area contributed by atoms with Crippen LogP contribution in [0.4, 0.5) is 0 Å². The molecule has 2 rings (SSSR count). The van der Waals surface area contributed by atoms with Crippen molar-refractivity contribution in [1.29, 1.82) is 0 Å². The minimum absolute atomic E-state index is 0.229. The Balaban J connectivity index is 2.26. The molecule has 1 atom stereocenters. The first kappa shape index (κ1) is 18.2. The first-order valence-corrected chi connectivity index (χ1v) is 8.37. The highest BCUT2D eigenvalue weighted by atomic mass is 35.5. The Morgan fingerprint density at radius 2 is 2.04 bits per heavy atom. The first-order chi connectivity index (χ1) is 11.5. The molecule has 0 radical (unpaired) electrons. The number of halogens is 1. The average molecular weight is 349 g/mol. The molecule has 1 heterocycles. The second kappa shape index (κ2) is 8.11. The van der Waals surface area contributed by atoms with Gasteiger partial charge in [-0.1, -0.05) is 49.2 Å². The molecule has 0 bridgehead atoms. The monoisotopic (exact) mass is 348 g/mol. The Morgan fingerprint density at radius 1 is 1.38 bits per heavy atom. The van der Waals surface area contributed by atoms with Crippen LogP contribution in [0.15, 0.2) is 24.3 Å². The van der Waals surface area contributed by atoms with E-state index in [1.807, 2.05) is 16.7 Å². The highest BCUT2D eigenvalue weighted by molar-refractivity contribution is 6.31. The fraction of sp³-hybridized carbons (Fsp3) is 0.389. The fourth-order valence-corrected chi connectivity index (χ4v) is 2.78. The van der Waals surface area contributed by atoms with Crippen LogP contribution in [-0.2, 0) is 17.8 Å². The molecule has 24 heavy (non-hydrogen) atoms. The van der Waals surface area contributed by atoms with E-state index in [9.17, 15) is 9.59 Å². The van der Waals surface area contributed by atoms with E-state index in [0.29, 0.717) is 12.2 Å². The van der Waals surface area contributed by atoms with Gasteiger partial charge in [-0.2, -0.15) is 0 Å². The topological polar surface area (TPSA) is 72.2 Å². The number of aromatic nitrogens is 2. The third kappa shape index (κ3) is 4.03. The maximum absolute atomic E-state index is 11.3. The van der Waals surface area contributed by atoms with E-state index in [4.69, 9.17) is 16.7 Å². The molecule has 0 spiro atoms. The van der Waals surface area contributed by atoms with Crippen molar-refractivity contribution >= 4 is 23.9 Å². The normalized spacial score (nSPS) is 12.1. The lowest BCUT2D eigenvalue weighted by Gasteiger charge is -2.11. The molecular formula is C18H21ClN2O3. The van der Waals surface area contributed by atoms with Gasteiger partial charge in [-0.3, -0.25) is 9.59 Å². The van der Waals surface area contributed by atoms with Gasteiger partial charge in [0.05, 0.1) is 5.92 Å². The third-order valence-corrected chi connectivity index (χ3v) is 4.38. The number of aldehydes is 1. The number of aliphatic carboxylic acids is 1. The number of hydrogen-bond donors (Lipinski definition) is 1. The molecular weight excluding hydrogens is 328 g/mol. The van der Waals surface area contributed by atoms with Crippen molar-refractivity contribution in [3.8, 4) is 0 Å². The third-order valence-electron chi connectivity index (χ3n) is 4.10. The number of benzene rings is 1. The van der Waals surface area contributed by atoms with E-state index in [0.717, 1.165) is 42.5 Å². The van der Waals surface area contributed by atoms with Crippen molar-refractivity contribution in [2.24, 2.45) is 0 Å². The van der Waals surface area contributed by atoms with Crippen LogP contribution in [-0.4, -0.2) is 26.9 Å². The van der Waals surface area contributed by atoms with Crippen molar-refractivity contribution in [2.45, 2.75) is 45.6 Å². The molecule has 0 aliphatic heterocycles. The molecule has 1 N–H and O–H groups in total. The summed E-state index contributed by atoms with van der Waals surface area (Å²) in [6.07, 6.45) is 3.49. The van der Waals surface area contributed by atoms with E-state index in [1.165, 1.54) is 0 Å². The van der Waals surface area contributed by atoms with Gasteiger partial charge in [-0.15, -0.1) is 0 Å². The van der Waals surface area contributed by atoms with Crippen molar-refractivity contribution < 1.29 is 14.7 Å². The Morgan fingerprint density at radius 3 is 2.58 bits per heavy atom. The second-order valence-corrected chi connectivity index (χ2v) is 6.17. The molecule has 1 unspecified atom stereocenters. The van der Waals surface area contributed by atoms with Crippen molar-refractivity contribution in [3.63, 3.8) is 0 Å². The summed E-state index contributed by atoms with van der Waals surface area (Å²) in [5.41, 5.74) is 2.09. The first-order valence-electron chi connectivity index (χ1n) is 7.99. The molecule has 0 aliphatic carbocycles. The SMILES string of the molecule is CCCCc1nc(Cl)c(C=O)n1Cc1ccc(C(C)C(=O)O)cc1. The number of unbranched alkanes of at least 4 members (excludes halogenated alkanes) is 1. The minimum atomic E-state index is -0.853. The maximum atomic E-state index is 11.3. The molecule has 5 nitrogen and oxygen atoms in total. The van der Waals surface area contributed by atoms with Gasteiger partial charge in [-0.25, -0.2) is 4.98 Å². The minimum Gasteiger partial charge on any atom is -0.481 e. The second-order valence-electron chi connectivity index (χ2n) is 5.81. The fourth-order valence-electron chi connectivity index (χ4n) is 2.53. The zero-order valence-corrected chi connectivity index (χ0v) is 14.6. The van der Waals surface area contributed by atoms with Gasteiger partial charge in [0.25, 0.3) is 0 Å². The summed E-state index contributed by atoms with van der Waals surface area (Å²) >= 11 is 6.07. The van der Waals surface area contributed by atoms with Gasteiger partial charge in [-0.05, 0) is 24.5 Å². The number of imidazole rings is 1. The van der Waals surface area contributed by atoms with Crippen LogP contribution < -0.4 is 0 Å². The number of rotatable bonds is 8. The zero-order valence-electron chi connectivity index (χ0n) is 13.8. The van der Waals surface area contributed by atoms with E-state index >= 15 is 0 Å². The summed E-state index contributed by atoms with van der Waals surface area (Å²) in [5, 5.41) is 9.29. The average Bonchev–Trinajstić information content (AvgIpc) is 2.87. The van der Waals surface area contributed by atoms with E-state index in [2.05, 4.69) is 11.9 Å². The number of carboxylic acids is 1. The van der Waals surface area contributed by atoms with Gasteiger partial charge >= 0.3 is 5.97 Å². The van der Waals surface area contributed by atoms with Crippen molar-refractivity contribution in [2.75, 3.05) is 0 Å². The van der Waals surface area contributed by atoms with Gasteiger partial charge in [0.2, 0.25) is 0 Å².